The molecule has 0 amide bonds. The van der Waals surface area contributed by atoms with Gasteiger partial charge in [-0.05, 0) is 70.1 Å². The van der Waals surface area contributed by atoms with Crippen molar-refractivity contribution in [3.8, 4) is 0 Å². The smallest absolute Gasteiger partial charge is 0.0571 e. The van der Waals surface area contributed by atoms with Gasteiger partial charge in [0.05, 0.1) is 12.2 Å². The van der Waals surface area contributed by atoms with Gasteiger partial charge >= 0.3 is 0 Å². The lowest BCUT2D eigenvalue weighted by atomic mass is 9.69. The van der Waals surface area contributed by atoms with Crippen molar-refractivity contribution in [3.63, 3.8) is 0 Å². The lowest BCUT2D eigenvalue weighted by Crippen LogP contribution is -2.42. The van der Waals surface area contributed by atoms with E-state index in [0.29, 0.717) is 24.0 Å². The van der Waals surface area contributed by atoms with Crippen molar-refractivity contribution < 1.29 is 9.47 Å². The van der Waals surface area contributed by atoms with Crippen LogP contribution in [-0.4, -0.2) is 31.3 Å². The molecule has 2 aliphatic rings. The number of rotatable bonds is 4. The van der Waals surface area contributed by atoms with Gasteiger partial charge in [-0.2, -0.15) is 0 Å². The molecule has 0 aliphatic heterocycles. The van der Waals surface area contributed by atoms with Gasteiger partial charge in [-0.3, -0.25) is 0 Å². The largest absolute Gasteiger partial charge is 0.381 e. The Balaban J connectivity index is 1.88. The normalized spacial score (nSPS) is 39.8. The van der Waals surface area contributed by atoms with E-state index in [4.69, 9.17) is 21.1 Å². The third-order valence-corrected chi connectivity index (χ3v) is 6.23. The van der Waals surface area contributed by atoms with Gasteiger partial charge in [-0.15, -0.1) is 11.6 Å². The molecule has 0 aromatic carbocycles. The van der Waals surface area contributed by atoms with Crippen molar-refractivity contribution in [2.24, 2.45) is 11.8 Å². The van der Waals surface area contributed by atoms with Gasteiger partial charge in [0, 0.05) is 19.1 Å². The number of alkyl halides is 1. The Kier molecular flexibility index (Phi) is 5.56. The first-order valence-electron chi connectivity index (χ1n) is 7.82. The van der Waals surface area contributed by atoms with Gasteiger partial charge in [0.25, 0.3) is 0 Å². The topological polar surface area (TPSA) is 18.5 Å². The minimum Gasteiger partial charge on any atom is -0.381 e. The van der Waals surface area contributed by atoms with Crippen LogP contribution in [0.25, 0.3) is 0 Å². The molecule has 2 fully saturated rings. The first kappa shape index (κ1) is 15.6. The van der Waals surface area contributed by atoms with Crippen LogP contribution in [0.15, 0.2) is 0 Å². The second-order valence-corrected chi connectivity index (χ2v) is 7.38. The third kappa shape index (κ3) is 3.65. The first-order valence-corrected chi connectivity index (χ1v) is 8.20. The molecule has 0 radical (unpaired) electrons. The monoisotopic (exact) mass is 288 g/mol. The summed E-state index contributed by atoms with van der Waals surface area (Å²) in [5.74, 6) is 1.31. The predicted molar refractivity (Wildman–Crippen MR) is 79.8 cm³/mol. The molecular weight excluding hydrogens is 260 g/mol. The fourth-order valence-electron chi connectivity index (χ4n) is 4.06. The van der Waals surface area contributed by atoms with Crippen LogP contribution in [-0.2, 0) is 9.47 Å². The molecule has 0 N–H and O–H groups in total. The maximum Gasteiger partial charge on any atom is 0.0571 e. The van der Waals surface area contributed by atoms with Crippen LogP contribution in [0.5, 0.6) is 0 Å². The Labute approximate surface area is 123 Å². The van der Waals surface area contributed by atoms with Crippen molar-refractivity contribution in [2.45, 2.75) is 75.4 Å². The van der Waals surface area contributed by atoms with E-state index in [1.54, 1.807) is 0 Å². The van der Waals surface area contributed by atoms with E-state index in [-0.39, 0.29) is 4.87 Å². The molecule has 2 aliphatic carbocycles. The molecule has 0 heterocycles. The molecular formula is C16H29ClO2. The zero-order chi connectivity index (χ0) is 13.9. The Hall–Kier alpha value is 0.210. The highest BCUT2D eigenvalue weighted by Gasteiger charge is 2.42. The Morgan fingerprint density at radius 2 is 1.05 bits per heavy atom. The van der Waals surface area contributed by atoms with Crippen LogP contribution in [0.2, 0.25) is 0 Å². The van der Waals surface area contributed by atoms with Gasteiger partial charge in [0.1, 0.15) is 0 Å². The molecule has 2 rings (SSSR count). The number of methoxy groups -OCH3 is 2. The van der Waals surface area contributed by atoms with Crippen LogP contribution in [0.3, 0.4) is 0 Å². The van der Waals surface area contributed by atoms with Crippen molar-refractivity contribution >= 4 is 11.6 Å². The van der Waals surface area contributed by atoms with E-state index in [9.17, 15) is 0 Å². The minimum atomic E-state index is -0.0303. The second-order valence-electron chi connectivity index (χ2n) is 6.57. The summed E-state index contributed by atoms with van der Waals surface area (Å²) in [4.78, 5) is -0.0303. The van der Waals surface area contributed by atoms with E-state index in [1.807, 2.05) is 14.2 Å². The molecule has 2 nitrogen and oxygen atoms in total. The molecule has 19 heavy (non-hydrogen) atoms. The molecule has 112 valence electrons. The van der Waals surface area contributed by atoms with Gasteiger partial charge in [0.15, 0.2) is 0 Å². The number of halogens is 1. The molecule has 0 atom stereocenters. The van der Waals surface area contributed by atoms with E-state index >= 15 is 0 Å². The standard InChI is InChI=1S/C16H29ClO2/c1-16(17,12-4-8-14(18-2)9-5-12)13-6-10-15(19-3)11-7-13/h12-15H,4-11H2,1-3H3. The summed E-state index contributed by atoms with van der Waals surface area (Å²) in [5.41, 5.74) is 0. The van der Waals surface area contributed by atoms with Crippen LogP contribution >= 0.6 is 11.6 Å². The van der Waals surface area contributed by atoms with Crippen LogP contribution < -0.4 is 0 Å². The maximum atomic E-state index is 6.99. The fourth-order valence-corrected chi connectivity index (χ4v) is 4.50. The maximum absolute atomic E-state index is 6.99. The van der Waals surface area contributed by atoms with Crippen molar-refractivity contribution in [3.05, 3.63) is 0 Å². The zero-order valence-corrected chi connectivity index (χ0v) is 13.4. The Morgan fingerprint density at radius 1 is 0.737 bits per heavy atom. The highest BCUT2D eigenvalue weighted by molar-refractivity contribution is 6.24. The summed E-state index contributed by atoms with van der Waals surface area (Å²) < 4.78 is 10.9. The molecule has 2 saturated carbocycles. The summed E-state index contributed by atoms with van der Waals surface area (Å²) in [5, 5.41) is 0. The average Bonchev–Trinajstić information content (AvgIpc) is 2.47. The molecule has 0 bridgehead atoms. The summed E-state index contributed by atoms with van der Waals surface area (Å²) in [6, 6.07) is 0. The van der Waals surface area contributed by atoms with Crippen molar-refractivity contribution in [2.75, 3.05) is 14.2 Å². The van der Waals surface area contributed by atoms with Crippen LogP contribution in [0, 0.1) is 11.8 Å². The summed E-state index contributed by atoms with van der Waals surface area (Å²) in [6.45, 7) is 2.28. The highest BCUT2D eigenvalue weighted by Crippen LogP contribution is 2.47. The van der Waals surface area contributed by atoms with Crippen molar-refractivity contribution in [1.29, 1.82) is 0 Å². The van der Waals surface area contributed by atoms with E-state index in [1.165, 1.54) is 51.4 Å². The molecule has 0 saturated heterocycles. The summed E-state index contributed by atoms with van der Waals surface area (Å²) >= 11 is 6.99. The predicted octanol–water partition coefficient (Wildman–Crippen LogP) is 4.39. The quantitative estimate of drug-likeness (QED) is 0.714. The lowest BCUT2D eigenvalue weighted by Gasteiger charge is -2.44. The fraction of sp³-hybridized carbons (Fsp3) is 1.00. The molecule has 0 unspecified atom stereocenters. The molecule has 0 aromatic heterocycles. The second kappa shape index (κ2) is 6.78. The Bertz CT molecular complexity index is 238. The van der Waals surface area contributed by atoms with Gasteiger partial charge < -0.3 is 9.47 Å². The van der Waals surface area contributed by atoms with Gasteiger partial charge in [0.2, 0.25) is 0 Å². The first-order chi connectivity index (χ1) is 9.07. The van der Waals surface area contributed by atoms with Crippen LogP contribution in [0.4, 0.5) is 0 Å². The zero-order valence-electron chi connectivity index (χ0n) is 12.7. The highest BCUT2D eigenvalue weighted by atomic mass is 35.5. The molecule has 3 heteroatoms. The van der Waals surface area contributed by atoms with Crippen LogP contribution in [0.1, 0.15) is 58.3 Å². The van der Waals surface area contributed by atoms with E-state index in [0.717, 1.165) is 0 Å². The van der Waals surface area contributed by atoms with E-state index in [2.05, 4.69) is 6.92 Å². The third-order valence-electron chi connectivity index (χ3n) is 5.61. The molecule has 0 spiro atoms. The SMILES string of the molecule is COC1CCC(C(C)(Cl)C2CCC(OC)CC2)CC1. The lowest BCUT2D eigenvalue weighted by molar-refractivity contribution is 0.0262. The van der Waals surface area contributed by atoms with Gasteiger partial charge in [-0.1, -0.05) is 0 Å². The summed E-state index contributed by atoms with van der Waals surface area (Å²) in [7, 11) is 3.66. The summed E-state index contributed by atoms with van der Waals surface area (Å²) in [6.07, 6.45) is 10.5. The van der Waals surface area contributed by atoms with E-state index < -0.39 is 0 Å². The average molecular weight is 289 g/mol. The molecule has 0 aromatic rings. The number of ether oxygens (including phenoxy) is 2. The Morgan fingerprint density at radius 3 is 1.32 bits per heavy atom. The minimum absolute atomic E-state index is 0.0303. The number of hydrogen-bond donors (Lipinski definition) is 0. The van der Waals surface area contributed by atoms with Gasteiger partial charge in [-0.25, -0.2) is 0 Å². The van der Waals surface area contributed by atoms with Crippen molar-refractivity contribution in [1.82, 2.24) is 0 Å². The number of hydrogen-bond acceptors (Lipinski definition) is 2.